The molecule has 0 atom stereocenters. The molecule has 0 unspecified atom stereocenters. The van der Waals surface area contributed by atoms with E-state index in [2.05, 4.69) is 31.3 Å². The molecule has 1 aromatic heterocycles. The van der Waals surface area contributed by atoms with Gasteiger partial charge in [0.25, 0.3) is 5.91 Å². The lowest BCUT2D eigenvalue weighted by molar-refractivity contribution is 0.0952. The number of rotatable bonds is 6. The summed E-state index contributed by atoms with van der Waals surface area (Å²) in [6.45, 7) is 3.34. The van der Waals surface area contributed by atoms with Crippen molar-refractivity contribution in [3.8, 4) is 11.3 Å². The Hall–Kier alpha value is -1.66. The van der Waals surface area contributed by atoms with E-state index in [-0.39, 0.29) is 5.91 Å². The van der Waals surface area contributed by atoms with Crippen LogP contribution in [-0.2, 0) is 0 Å². The van der Waals surface area contributed by atoms with Gasteiger partial charge in [0.2, 0.25) is 0 Å². The van der Waals surface area contributed by atoms with Gasteiger partial charge >= 0.3 is 0 Å². The van der Waals surface area contributed by atoms with Gasteiger partial charge in [-0.25, -0.2) is 0 Å². The molecule has 5 nitrogen and oxygen atoms in total. The fourth-order valence-corrected chi connectivity index (χ4v) is 2.39. The van der Waals surface area contributed by atoms with Gasteiger partial charge in [0.05, 0.1) is 5.69 Å². The third kappa shape index (κ3) is 4.18. The van der Waals surface area contributed by atoms with E-state index < -0.39 is 0 Å². The summed E-state index contributed by atoms with van der Waals surface area (Å²) >= 11 is 3.39. The highest BCUT2D eigenvalue weighted by Gasteiger charge is 2.21. The van der Waals surface area contributed by atoms with Crippen molar-refractivity contribution in [3.63, 3.8) is 0 Å². The van der Waals surface area contributed by atoms with Crippen molar-refractivity contribution < 1.29 is 9.32 Å². The minimum Gasteiger partial charge on any atom is -0.355 e. The third-order valence-electron chi connectivity index (χ3n) is 3.26. The van der Waals surface area contributed by atoms with E-state index in [1.807, 2.05) is 38.4 Å². The third-order valence-corrected chi connectivity index (χ3v) is 3.79. The van der Waals surface area contributed by atoms with Crippen LogP contribution >= 0.6 is 15.9 Å². The first-order chi connectivity index (χ1) is 10.5. The zero-order valence-corrected chi connectivity index (χ0v) is 14.6. The number of carbonyl (C=O) groups is 1. The lowest BCUT2D eigenvalue weighted by atomic mass is 10.1. The molecule has 0 fully saturated rings. The molecule has 0 aliphatic heterocycles. The van der Waals surface area contributed by atoms with Crippen LogP contribution in [0.25, 0.3) is 11.3 Å². The molecule has 0 aliphatic carbocycles. The Morgan fingerprint density at radius 2 is 2.00 bits per heavy atom. The van der Waals surface area contributed by atoms with Crippen molar-refractivity contribution >= 4 is 21.8 Å². The molecule has 2 rings (SSSR count). The molecule has 1 heterocycles. The SMILES string of the molecule is Cc1noc(-c2ccc(Br)cc2)c1C(=O)NCCCN(C)C. The highest BCUT2D eigenvalue weighted by molar-refractivity contribution is 9.10. The number of nitrogens with zero attached hydrogens (tertiary/aromatic N) is 2. The number of benzene rings is 1. The predicted molar refractivity (Wildman–Crippen MR) is 89.9 cm³/mol. The monoisotopic (exact) mass is 365 g/mol. The van der Waals surface area contributed by atoms with E-state index in [9.17, 15) is 4.79 Å². The second-order valence-corrected chi connectivity index (χ2v) is 6.31. The standard InChI is InChI=1S/C16H20BrN3O2/c1-11-14(16(21)18-9-4-10-20(2)3)15(22-19-11)12-5-7-13(17)8-6-12/h5-8H,4,9-10H2,1-3H3,(H,18,21). The quantitative estimate of drug-likeness (QED) is 0.799. The van der Waals surface area contributed by atoms with E-state index in [0.717, 1.165) is 23.0 Å². The Balaban J connectivity index is 2.12. The maximum atomic E-state index is 12.4. The van der Waals surface area contributed by atoms with Crippen molar-refractivity contribution in [1.29, 1.82) is 0 Å². The largest absolute Gasteiger partial charge is 0.355 e. The normalized spacial score (nSPS) is 11.0. The first kappa shape index (κ1) is 16.7. The Morgan fingerprint density at radius 1 is 1.32 bits per heavy atom. The fraction of sp³-hybridized carbons (Fsp3) is 0.375. The van der Waals surface area contributed by atoms with Crippen molar-refractivity contribution in [1.82, 2.24) is 15.4 Å². The van der Waals surface area contributed by atoms with Gasteiger partial charge in [-0.3, -0.25) is 4.79 Å². The van der Waals surface area contributed by atoms with Crippen LogP contribution in [0.3, 0.4) is 0 Å². The Kier molecular flexibility index (Phi) is 5.74. The van der Waals surface area contributed by atoms with Gasteiger partial charge in [0.15, 0.2) is 5.76 Å². The van der Waals surface area contributed by atoms with Crippen LogP contribution in [0, 0.1) is 6.92 Å². The second-order valence-electron chi connectivity index (χ2n) is 5.39. The zero-order valence-electron chi connectivity index (χ0n) is 13.0. The van der Waals surface area contributed by atoms with Crippen molar-refractivity contribution in [2.24, 2.45) is 0 Å². The summed E-state index contributed by atoms with van der Waals surface area (Å²) in [4.78, 5) is 14.5. The highest BCUT2D eigenvalue weighted by Crippen LogP contribution is 2.27. The van der Waals surface area contributed by atoms with E-state index in [4.69, 9.17) is 4.52 Å². The van der Waals surface area contributed by atoms with Crippen molar-refractivity contribution in [2.45, 2.75) is 13.3 Å². The second kappa shape index (κ2) is 7.56. The van der Waals surface area contributed by atoms with Gasteiger partial charge in [-0.1, -0.05) is 21.1 Å². The van der Waals surface area contributed by atoms with Crippen LogP contribution in [0.1, 0.15) is 22.5 Å². The van der Waals surface area contributed by atoms with Gasteiger partial charge in [-0.2, -0.15) is 0 Å². The van der Waals surface area contributed by atoms with Crippen LogP contribution in [-0.4, -0.2) is 43.1 Å². The van der Waals surface area contributed by atoms with E-state index in [1.165, 1.54) is 0 Å². The lowest BCUT2D eigenvalue weighted by Crippen LogP contribution is -2.27. The molecule has 1 aromatic carbocycles. The maximum Gasteiger partial charge on any atom is 0.257 e. The van der Waals surface area contributed by atoms with E-state index in [0.29, 0.717) is 23.6 Å². The summed E-state index contributed by atoms with van der Waals surface area (Å²) in [5.74, 6) is 0.366. The summed E-state index contributed by atoms with van der Waals surface area (Å²) < 4.78 is 6.33. The van der Waals surface area contributed by atoms with Gasteiger partial charge in [-0.05, 0) is 58.3 Å². The molecule has 0 spiro atoms. The van der Waals surface area contributed by atoms with E-state index >= 15 is 0 Å². The molecule has 118 valence electrons. The lowest BCUT2D eigenvalue weighted by Gasteiger charge is -2.10. The minimum absolute atomic E-state index is 0.143. The molecule has 0 aliphatic rings. The summed E-state index contributed by atoms with van der Waals surface area (Å²) in [5.41, 5.74) is 1.94. The molecule has 0 radical (unpaired) electrons. The number of carbonyl (C=O) groups excluding carboxylic acids is 1. The smallest absolute Gasteiger partial charge is 0.257 e. The van der Waals surface area contributed by atoms with Crippen molar-refractivity contribution in [2.75, 3.05) is 27.2 Å². The van der Waals surface area contributed by atoms with E-state index in [1.54, 1.807) is 6.92 Å². The number of hydrogen-bond donors (Lipinski definition) is 1. The summed E-state index contributed by atoms with van der Waals surface area (Å²) in [6.07, 6.45) is 0.899. The van der Waals surface area contributed by atoms with Crippen LogP contribution < -0.4 is 5.32 Å². The summed E-state index contributed by atoms with van der Waals surface area (Å²) in [6, 6.07) is 7.61. The maximum absolute atomic E-state index is 12.4. The summed E-state index contributed by atoms with van der Waals surface area (Å²) in [7, 11) is 4.02. The Labute approximate surface area is 138 Å². The van der Waals surface area contributed by atoms with Gasteiger partial charge in [0, 0.05) is 16.6 Å². The topological polar surface area (TPSA) is 58.4 Å². The Bertz CT molecular complexity index is 635. The van der Waals surface area contributed by atoms with Crippen LogP contribution in [0.4, 0.5) is 0 Å². The van der Waals surface area contributed by atoms with Gasteiger partial charge in [0.1, 0.15) is 5.56 Å². The minimum atomic E-state index is -0.143. The molecule has 0 saturated heterocycles. The first-order valence-electron chi connectivity index (χ1n) is 7.14. The average molecular weight is 366 g/mol. The first-order valence-corrected chi connectivity index (χ1v) is 7.93. The van der Waals surface area contributed by atoms with Crippen LogP contribution in [0.2, 0.25) is 0 Å². The molecule has 1 N–H and O–H groups in total. The zero-order chi connectivity index (χ0) is 16.1. The molecule has 0 bridgehead atoms. The molecule has 1 amide bonds. The van der Waals surface area contributed by atoms with Gasteiger partial charge < -0.3 is 14.7 Å². The predicted octanol–water partition coefficient (Wildman–Crippen LogP) is 3.09. The number of nitrogens with one attached hydrogen (secondary N) is 1. The molecule has 6 heteroatoms. The number of amides is 1. The number of aryl methyl sites for hydroxylation is 1. The van der Waals surface area contributed by atoms with Crippen molar-refractivity contribution in [3.05, 3.63) is 40.0 Å². The highest BCUT2D eigenvalue weighted by atomic mass is 79.9. The molecular formula is C16H20BrN3O2. The molecule has 0 saturated carbocycles. The molecule has 22 heavy (non-hydrogen) atoms. The number of hydrogen-bond acceptors (Lipinski definition) is 4. The number of halogens is 1. The molecule has 2 aromatic rings. The van der Waals surface area contributed by atoms with Gasteiger partial charge in [-0.15, -0.1) is 0 Å². The molecular weight excluding hydrogens is 346 g/mol. The number of aromatic nitrogens is 1. The fourth-order valence-electron chi connectivity index (χ4n) is 2.12. The summed E-state index contributed by atoms with van der Waals surface area (Å²) in [5, 5.41) is 6.87. The average Bonchev–Trinajstić information content (AvgIpc) is 2.86. The van der Waals surface area contributed by atoms with Crippen LogP contribution in [0.5, 0.6) is 0 Å². The van der Waals surface area contributed by atoms with Crippen LogP contribution in [0.15, 0.2) is 33.3 Å². The Morgan fingerprint density at radius 3 is 2.64 bits per heavy atom.